The number of rotatable bonds is 2. The smallest absolute Gasteiger partial charge is 0.225 e. The minimum Gasteiger partial charge on any atom is -0.342 e. The Morgan fingerprint density at radius 2 is 2.10 bits per heavy atom. The average molecular weight is 286 g/mol. The van der Waals surface area contributed by atoms with Crippen molar-refractivity contribution in [2.75, 3.05) is 13.1 Å². The van der Waals surface area contributed by atoms with E-state index in [2.05, 4.69) is 23.1 Å². The van der Waals surface area contributed by atoms with Gasteiger partial charge in [0.1, 0.15) is 0 Å². The zero-order valence-electron chi connectivity index (χ0n) is 11.4. The van der Waals surface area contributed by atoms with Gasteiger partial charge >= 0.3 is 0 Å². The van der Waals surface area contributed by atoms with Crippen LogP contribution in [0.1, 0.15) is 36.6 Å². The number of nitrogens with zero attached hydrogens (tertiary/aromatic N) is 2. The molecule has 0 spiro atoms. The molecule has 1 aromatic heterocycles. The van der Waals surface area contributed by atoms with E-state index in [0.717, 1.165) is 44.3 Å². The molecule has 1 aliphatic heterocycles. The first-order valence-electron chi connectivity index (χ1n) is 7.45. The number of carbonyl (C=O) groups is 1. The van der Waals surface area contributed by atoms with Crippen LogP contribution in [0.3, 0.4) is 0 Å². The van der Waals surface area contributed by atoms with Crippen LogP contribution in [0.25, 0.3) is 10.2 Å². The number of carbonyl (C=O) groups excluding carboxylic acids is 1. The highest BCUT2D eigenvalue weighted by Crippen LogP contribution is 2.36. The molecule has 1 saturated carbocycles. The maximum atomic E-state index is 12.2. The Kier molecular flexibility index (Phi) is 2.99. The van der Waals surface area contributed by atoms with Gasteiger partial charge in [0.25, 0.3) is 0 Å². The number of piperidine rings is 1. The Morgan fingerprint density at radius 3 is 2.90 bits per heavy atom. The predicted molar refractivity (Wildman–Crippen MR) is 80.9 cm³/mol. The van der Waals surface area contributed by atoms with Crippen LogP contribution >= 0.6 is 11.3 Å². The fourth-order valence-electron chi connectivity index (χ4n) is 3.03. The number of amides is 1. The van der Waals surface area contributed by atoms with Crippen molar-refractivity contribution < 1.29 is 4.79 Å². The Balaban J connectivity index is 1.56. The summed E-state index contributed by atoms with van der Waals surface area (Å²) in [6, 6.07) is 8.31. The number of thiazole rings is 1. The summed E-state index contributed by atoms with van der Waals surface area (Å²) < 4.78 is 1.26. The van der Waals surface area contributed by atoms with Gasteiger partial charge in [0.05, 0.1) is 15.2 Å². The van der Waals surface area contributed by atoms with Gasteiger partial charge in [-0.1, -0.05) is 12.1 Å². The van der Waals surface area contributed by atoms with Gasteiger partial charge in [-0.25, -0.2) is 4.98 Å². The third kappa shape index (κ3) is 2.22. The lowest BCUT2D eigenvalue weighted by molar-refractivity contribution is -0.133. The van der Waals surface area contributed by atoms with Crippen LogP contribution in [0.5, 0.6) is 0 Å². The fraction of sp³-hybridized carbons (Fsp3) is 0.500. The maximum absolute atomic E-state index is 12.2. The lowest BCUT2D eigenvalue weighted by atomic mass is 9.98. The third-order valence-electron chi connectivity index (χ3n) is 4.32. The van der Waals surface area contributed by atoms with Crippen molar-refractivity contribution in [3.63, 3.8) is 0 Å². The number of hydrogen-bond acceptors (Lipinski definition) is 3. The van der Waals surface area contributed by atoms with E-state index >= 15 is 0 Å². The van der Waals surface area contributed by atoms with Crippen molar-refractivity contribution >= 4 is 27.5 Å². The second-order valence-corrected chi connectivity index (χ2v) is 6.98. The van der Waals surface area contributed by atoms with Crippen LogP contribution in [0.15, 0.2) is 24.3 Å². The summed E-state index contributed by atoms with van der Waals surface area (Å²) in [4.78, 5) is 19.1. The number of para-hydroxylation sites is 1. The Labute approximate surface area is 122 Å². The second-order valence-electron chi connectivity index (χ2n) is 5.92. The fourth-order valence-corrected chi connectivity index (χ4v) is 4.13. The molecule has 104 valence electrons. The molecule has 2 aliphatic rings. The van der Waals surface area contributed by atoms with Gasteiger partial charge in [0.2, 0.25) is 5.91 Å². The number of likely N-dealkylation sites (tertiary alicyclic amines) is 1. The van der Waals surface area contributed by atoms with Crippen LogP contribution in [-0.2, 0) is 4.79 Å². The average Bonchev–Trinajstić information content (AvgIpc) is 3.25. The normalized spacial score (nSPS) is 23.2. The zero-order chi connectivity index (χ0) is 13.5. The summed E-state index contributed by atoms with van der Waals surface area (Å²) in [5, 5.41) is 1.21. The highest BCUT2D eigenvalue weighted by Gasteiger charge is 2.36. The van der Waals surface area contributed by atoms with Crippen LogP contribution in [0.2, 0.25) is 0 Å². The van der Waals surface area contributed by atoms with E-state index in [1.54, 1.807) is 11.3 Å². The Bertz CT molecular complexity index is 614. The number of hydrogen-bond donors (Lipinski definition) is 0. The molecule has 2 aromatic rings. The zero-order valence-corrected chi connectivity index (χ0v) is 12.2. The SMILES string of the molecule is O=C(C1CC1)N1CCC[C@H](c2nc3ccccc3s2)C1. The quantitative estimate of drug-likeness (QED) is 0.847. The molecule has 4 heteroatoms. The summed E-state index contributed by atoms with van der Waals surface area (Å²) in [5.74, 6) is 1.16. The monoisotopic (exact) mass is 286 g/mol. The molecule has 4 rings (SSSR count). The van der Waals surface area contributed by atoms with E-state index in [9.17, 15) is 4.79 Å². The largest absolute Gasteiger partial charge is 0.342 e. The Morgan fingerprint density at radius 1 is 1.25 bits per heavy atom. The minimum absolute atomic E-state index is 0.337. The van der Waals surface area contributed by atoms with E-state index in [0.29, 0.717) is 17.7 Å². The van der Waals surface area contributed by atoms with E-state index in [4.69, 9.17) is 4.98 Å². The third-order valence-corrected chi connectivity index (χ3v) is 5.52. The molecule has 1 amide bonds. The van der Waals surface area contributed by atoms with Crippen LogP contribution < -0.4 is 0 Å². The first kappa shape index (κ1) is 12.3. The van der Waals surface area contributed by atoms with Crippen molar-refractivity contribution in [3.8, 4) is 0 Å². The molecule has 1 aliphatic carbocycles. The molecule has 0 unspecified atom stereocenters. The van der Waals surface area contributed by atoms with Gasteiger partial charge in [-0.3, -0.25) is 4.79 Å². The van der Waals surface area contributed by atoms with Gasteiger partial charge in [-0.05, 0) is 37.8 Å². The van der Waals surface area contributed by atoms with E-state index in [-0.39, 0.29) is 0 Å². The number of fused-ring (bicyclic) bond motifs is 1. The molecule has 2 heterocycles. The maximum Gasteiger partial charge on any atom is 0.225 e. The standard InChI is InChI=1S/C16H18N2OS/c19-16(11-7-8-11)18-9-3-4-12(10-18)15-17-13-5-1-2-6-14(13)20-15/h1-2,5-6,11-12H,3-4,7-10H2/t12-/m0/s1. The van der Waals surface area contributed by atoms with E-state index < -0.39 is 0 Å². The van der Waals surface area contributed by atoms with Crippen molar-refractivity contribution in [1.29, 1.82) is 0 Å². The lowest BCUT2D eigenvalue weighted by Crippen LogP contribution is -2.39. The molecule has 20 heavy (non-hydrogen) atoms. The molecule has 0 bridgehead atoms. The lowest BCUT2D eigenvalue weighted by Gasteiger charge is -2.32. The molecule has 1 saturated heterocycles. The van der Waals surface area contributed by atoms with Crippen molar-refractivity contribution in [2.45, 2.75) is 31.6 Å². The van der Waals surface area contributed by atoms with Gasteiger partial charge in [0, 0.05) is 24.9 Å². The van der Waals surface area contributed by atoms with Crippen LogP contribution in [-0.4, -0.2) is 28.9 Å². The van der Waals surface area contributed by atoms with E-state index in [1.807, 2.05) is 6.07 Å². The minimum atomic E-state index is 0.337. The summed E-state index contributed by atoms with van der Waals surface area (Å²) in [5.41, 5.74) is 1.10. The topological polar surface area (TPSA) is 33.2 Å². The van der Waals surface area contributed by atoms with Crippen molar-refractivity contribution in [3.05, 3.63) is 29.3 Å². The number of aromatic nitrogens is 1. The first-order valence-corrected chi connectivity index (χ1v) is 8.27. The molecule has 2 fully saturated rings. The van der Waals surface area contributed by atoms with Gasteiger partial charge in [0.15, 0.2) is 0 Å². The van der Waals surface area contributed by atoms with Crippen LogP contribution in [0, 0.1) is 5.92 Å². The summed E-state index contributed by atoms with van der Waals surface area (Å²) in [6.45, 7) is 1.81. The highest BCUT2D eigenvalue weighted by molar-refractivity contribution is 7.18. The van der Waals surface area contributed by atoms with Crippen molar-refractivity contribution in [1.82, 2.24) is 9.88 Å². The molecular weight excluding hydrogens is 268 g/mol. The summed E-state index contributed by atoms with van der Waals surface area (Å²) >= 11 is 1.79. The number of benzene rings is 1. The molecular formula is C16H18N2OS. The predicted octanol–water partition coefficient (Wildman–Crippen LogP) is 3.41. The van der Waals surface area contributed by atoms with Crippen molar-refractivity contribution in [2.24, 2.45) is 5.92 Å². The van der Waals surface area contributed by atoms with E-state index in [1.165, 1.54) is 9.71 Å². The molecule has 0 N–H and O–H groups in total. The highest BCUT2D eigenvalue weighted by atomic mass is 32.1. The molecule has 1 aromatic carbocycles. The molecule has 1 atom stereocenters. The first-order chi connectivity index (χ1) is 9.81. The summed E-state index contributed by atoms with van der Waals surface area (Å²) in [6.07, 6.45) is 4.47. The van der Waals surface area contributed by atoms with Gasteiger partial charge in [-0.15, -0.1) is 11.3 Å². The second kappa shape index (κ2) is 4.85. The Hall–Kier alpha value is -1.42. The summed E-state index contributed by atoms with van der Waals surface area (Å²) in [7, 11) is 0. The van der Waals surface area contributed by atoms with Gasteiger partial charge < -0.3 is 4.90 Å². The van der Waals surface area contributed by atoms with Gasteiger partial charge in [-0.2, -0.15) is 0 Å². The molecule has 3 nitrogen and oxygen atoms in total. The molecule has 0 radical (unpaired) electrons. The van der Waals surface area contributed by atoms with Crippen LogP contribution in [0.4, 0.5) is 0 Å².